The molecule has 39 heavy (non-hydrogen) atoms. The zero-order chi connectivity index (χ0) is 28.0. The predicted octanol–water partition coefficient (Wildman–Crippen LogP) is 0.750. The second-order valence-electron chi connectivity index (χ2n) is 13.4. The normalized spacial score (nSPS) is 55.2. The number of carbonyl (C=O) groups is 2. The molecule has 5 N–H and O–H groups in total. The van der Waals surface area contributed by atoms with Crippen molar-refractivity contribution in [2.45, 2.75) is 120 Å². The van der Waals surface area contributed by atoms with Crippen molar-refractivity contribution >= 4 is 12.3 Å². The molecular weight excluding hydrogens is 508 g/mol. The standard InChI is InChI=1S/C29H42O10/c1-15-22(32)23(33)24(34)25(38-15)39-17-3-8-27(14-30)19-4-7-26(2)18(16-11-21(31)37-13-16)6-10-29(26,36)20(19)5-9-28(27,35)12-17/h11,14-15,17-20,22-25,32-36H,3-10,12-13H2,1-2H3/t15-,17+,18-,19-,20+,22-,23+,24+,25+,26+,27-,28-,29-/m0/s1. The minimum atomic E-state index is -1.43. The lowest BCUT2D eigenvalue weighted by atomic mass is 9.41. The van der Waals surface area contributed by atoms with Crippen LogP contribution in [-0.4, -0.2) is 92.4 Å². The van der Waals surface area contributed by atoms with Gasteiger partial charge in [-0.25, -0.2) is 4.79 Å². The van der Waals surface area contributed by atoms with Crippen LogP contribution < -0.4 is 0 Å². The molecule has 0 aromatic rings. The molecule has 0 amide bonds. The van der Waals surface area contributed by atoms with Crippen molar-refractivity contribution in [2.75, 3.05) is 6.61 Å². The highest BCUT2D eigenvalue weighted by atomic mass is 16.7. The van der Waals surface area contributed by atoms with E-state index in [2.05, 4.69) is 6.92 Å². The van der Waals surface area contributed by atoms with Crippen LogP contribution in [0.3, 0.4) is 0 Å². The monoisotopic (exact) mass is 550 g/mol. The highest BCUT2D eigenvalue weighted by molar-refractivity contribution is 5.85. The van der Waals surface area contributed by atoms with Crippen molar-refractivity contribution in [3.05, 3.63) is 11.6 Å². The van der Waals surface area contributed by atoms with Gasteiger partial charge in [-0.3, -0.25) is 0 Å². The first-order valence-electron chi connectivity index (χ1n) is 14.5. The Morgan fingerprint density at radius 1 is 0.974 bits per heavy atom. The third-order valence-electron chi connectivity index (χ3n) is 12.0. The summed E-state index contributed by atoms with van der Waals surface area (Å²) in [5, 5.41) is 55.0. The summed E-state index contributed by atoms with van der Waals surface area (Å²) in [5.74, 6) is -0.616. The third-order valence-corrected chi connectivity index (χ3v) is 12.0. The van der Waals surface area contributed by atoms with E-state index in [1.807, 2.05) is 0 Å². The van der Waals surface area contributed by atoms with Gasteiger partial charge in [0, 0.05) is 17.9 Å². The summed E-state index contributed by atoms with van der Waals surface area (Å²) in [7, 11) is 0. The summed E-state index contributed by atoms with van der Waals surface area (Å²) in [6, 6.07) is 0. The number of carbonyl (C=O) groups excluding carboxylic acids is 2. The molecule has 6 aliphatic rings. The van der Waals surface area contributed by atoms with Crippen LogP contribution in [0.25, 0.3) is 0 Å². The van der Waals surface area contributed by atoms with Crippen LogP contribution in [0.5, 0.6) is 0 Å². The van der Waals surface area contributed by atoms with E-state index < -0.39 is 58.8 Å². The Labute approximate surface area is 228 Å². The van der Waals surface area contributed by atoms with Crippen molar-refractivity contribution in [1.29, 1.82) is 0 Å². The maximum Gasteiger partial charge on any atom is 0.331 e. The highest BCUT2D eigenvalue weighted by Gasteiger charge is 2.71. The van der Waals surface area contributed by atoms with Gasteiger partial charge in [-0.2, -0.15) is 0 Å². The molecule has 1 saturated heterocycles. The molecule has 5 fully saturated rings. The van der Waals surface area contributed by atoms with E-state index in [0.29, 0.717) is 44.9 Å². The molecule has 13 atom stereocenters. The number of hydrogen-bond donors (Lipinski definition) is 5. The van der Waals surface area contributed by atoms with Crippen molar-refractivity contribution in [2.24, 2.45) is 28.6 Å². The van der Waals surface area contributed by atoms with Gasteiger partial charge in [0.15, 0.2) is 6.29 Å². The van der Waals surface area contributed by atoms with Gasteiger partial charge in [0.25, 0.3) is 0 Å². The fraction of sp³-hybridized carbons (Fsp3) is 0.862. The maximum absolute atomic E-state index is 13.0. The van der Waals surface area contributed by atoms with Crippen molar-refractivity contribution < 1.29 is 49.3 Å². The van der Waals surface area contributed by atoms with Gasteiger partial charge in [-0.15, -0.1) is 0 Å². The number of aliphatic hydroxyl groups is 5. The van der Waals surface area contributed by atoms with Gasteiger partial charge in [-0.05, 0) is 81.6 Å². The van der Waals surface area contributed by atoms with Gasteiger partial charge in [0.2, 0.25) is 0 Å². The number of aldehydes is 1. The highest BCUT2D eigenvalue weighted by Crippen LogP contribution is 2.70. The molecule has 218 valence electrons. The number of hydrogen-bond acceptors (Lipinski definition) is 10. The summed E-state index contributed by atoms with van der Waals surface area (Å²) in [6.45, 7) is 3.98. The van der Waals surface area contributed by atoms with E-state index in [1.165, 1.54) is 0 Å². The summed E-state index contributed by atoms with van der Waals surface area (Å²) >= 11 is 0. The van der Waals surface area contributed by atoms with Gasteiger partial charge in [-0.1, -0.05) is 6.92 Å². The summed E-state index contributed by atoms with van der Waals surface area (Å²) in [6.07, 6.45) is 0.689. The Bertz CT molecular complexity index is 1050. The minimum Gasteiger partial charge on any atom is -0.458 e. The van der Waals surface area contributed by atoms with E-state index in [9.17, 15) is 35.1 Å². The Morgan fingerprint density at radius 2 is 1.72 bits per heavy atom. The fourth-order valence-corrected chi connectivity index (χ4v) is 9.75. The quantitative estimate of drug-likeness (QED) is 0.192. The van der Waals surface area contributed by atoms with Crippen LogP contribution in [0.4, 0.5) is 0 Å². The van der Waals surface area contributed by atoms with E-state index in [1.54, 1.807) is 13.0 Å². The van der Waals surface area contributed by atoms with Crippen LogP contribution in [0.15, 0.2) is 11.6 Å². The molecule has 0 bridgehead atoms. The molecule has 4 aliphatic carbocycles. The smallest absolute Gasteiger partial charge is 0.331 e. The number of ether oxygens (including phenoxy) is 3. The van der Waals surface area contributed by atoms with Gasteiger partial charge >= 0.3 is 5.97 Å². The van der Waals surface area contributed by atoms with E-state index in [-0.39, 0.29) is 36.8 Å². The topological polar surface area (TPSA) is 163 Å². The van der Waals surface area contributed by atoms with Gasteiger partial charge in [0.05, 0.1) is 28.8 Å². The summed E-state index contributed by atoms with van der Waals surface area (Å²) < 4.78 is 16.9. The Hall–Kier alpha value is -1.40. The lowest BCUT2D eigenvalue weighted by molar-refractivity contribution is -0.317. The molecule has 0 spiro atoms. The number of rotatable bonds is 4. The van der Waals surface area contributed by atoms with Crippen molar-refractivity contribution in [3.8, 4) is 0 Å². The molecule has 2 aliphatic heterocycles. The molecule has 10 nitrogen and oxygen atoms in total. The van der Waals surface area contributed by atoms with E-state index in [0.717, 1.165) is 18.3 Å². The molecule has 4 saturated carbocycles. The fourth-order valence-electron chi connectivity index (χ4n) is 9.75. The molecule has 0 radical (unpaired) electrons. The lowest BCUT2D eigenvalue weighted by Gasteiger charge is -2.65. The number of fused-ring (bicyclic) bond motifs is 5. The van der Waals surface area contributed by atoms with Gasteiger partial charge < -0.3 is 44.5 Å². The second-order valence-corrected chi connectivity index (χ2v) is 13.4. The first-order valence-corrected chi connectivity index (χ1v) is 14.5. The molecule has 0 aromatic carbocycles. The second kappa shape index (κ2) is 9.31. The molecule has 10 heteroatoms. The molecule has 0 aromatic heterocycles. The first kappa shape index (κ1) is 27.8. The summed E-state index contributed by atoms with van der Waals surface area (Å²) in [4.78, 5) is 24.8. The largest absolute Gasteiger partial charge is 0.458 e. The molecular formula is C29H42O10. The van der Waals surface area contributed by atoms with Crippen molar-refractivity contribution in [1.82, 2.24) is 0 Å². The van der Waals surface area contributed by atoms with E-state index in [4.69, 9.17) is 14.2 Å². The van der Waals surface area contributed by atoms with Crippen LogP contribution in [0, 0.1) is 28.6 Å². The first-order chi connectivity index (χ1) is 18.4. The lowest BCUT2D eigenvalue weighted by Crippen LogP contribution is -2.69. The summed E-state index contributed by atoms with van der Waals surface area (Å²) in [5.41, 5.74) is -2.86. The third kappa shape index (κ3) is 3.78. The zero-order valence-corrected chi connectivity index (χ0v) is 22.7. The van der Waals surface area contributed by atoms with E-state index >= 15 is 0 Å². The van der Waals surface area contributed by atoms with Gasteiger partial charge in [0.1, 0.15) is 31.2 Å². The Morgan fingerprint density at radius 3 is 2.41 bits per heavy atom. The zero-order valence-electron chi connectivity index (χ0n) is 22.7. The van der Waals surface area contributed by atoms with Crippen LogP contribution in [0.2, 0.25) is 0 Å². The maximum atomic E-state index is 13.0. The van der Waals surface area contributed by atoms with Crippen LogP contribution in [0.1, 0.15) is 71.6 Å². The number of esters is 1. The molecule has 6 rings (SSSR count). The van der Waals surface area contributed by atoms with Crippen LogP contribution in [-0.2, 0) is 23.8 Å². The predicted molar refractivity (Wildman–Crippen MR) is 135 cm³/mol. The Balaban J connectivity index is 1.22. The molecule has 0 unspecified atom stereocenters. The van der Waals surface area contributed by atoms with Crippen molar-refractivity contribution in [3.63, 3.8) is 0 Å². The molecule has 2 heterocycles. The van der Waals surface area contributed by atoms with Crippen LogP contribution >= 0.6 is 0 Å². The Kier molecular flexibility index (Phi) is 6.62. The average Bonchev–Trinajstić information content (AvgIpc) is 3.45. The SMILES string of the molecule is C[C@@H]1O[C@H](O[C@@H]2CC[C@]3(C=O)[C@H]4CC[C@]5(C)[C@H](C6=CC(=O)OC6)CC[C@]5(O)[C@@H]4CC[C@]3(O)C2)[C@H](O)[C@H](O)[C@H]1O. The number of cyclic esters (lactones) is 1. The number of aliphatic hydroxyl groups excluding tert-OH is 3. The minimum absolute atomic E-state index is 0.0465. The average molecular weight is 551 g/mol.